The van der Waals surface area contributed by atoms with Gasteiger partial charge in [0.1, 0.15) is 5.82 Å². The number of rotatable bonds is 5. The normalized spacial score (nSPS) is 13.5. The summed E-state index contributed by atoms with van der Waals surface area (Å²) in [4.78, 5) is 0. The molecule has 1 rings (SSSR count). The monoisotopic (exact) mass is 337 g/mol. The van der Waals surface area contributed by atoms with Gasteiger partial charge in [-0.3, -0.25) is 0 Å². The van der Waals surface area contributed by atoms with Crippen LogP contribution in [0, 0.1) is 5.82 Å². The van der Waals surface area contributed by atoms with Crippen LogP contribution in [0.2, 0.25) is 5.02 Å². The number of halogens is 3. The molecule has 18 heavy (non-hydrogen) atoms. The van der Waals surface area contributed by atoms with Gasteiger partial charge in [0.25, 0.3) is 0 Å². The molecule has 1 aromatic rings. The quantitative estimate of drug-likeness (QED) is 0.828. The van der Waals surface area contributed by atoms with Gasteiger partial charge in [-0.05, 0) is 55.3 Å². The highest BCUT2D eigenvalue weighted by molar-refractivity contribution is 9.10. The number of ether oxygens (including phenoxy) is 1. The summed E-state index contributed by atoms with van der Waals surface area (Å²) in [5.41, 5.74) is 0.489. The van der Waals surface area contributed by atoms with Crippen LogP contribution in [0.15, 0.2) is 16.6 Å². The van der Waals surface area contributed by atoms with Crippen molar-refractivity contribution in [2.75, 3.05) is 12.4 Å². The van der Waals surface area contributed by atoms with Crippen molar-refractivity contribution in [3.05, 3.63) is 27.4 Å². The molecule has 0 radical (unpaired) electrons. The van der Waals surface area contributed by atoms with E-state index in [4.69, 9.17) is 16.3 Å². The maximum atomic E-state index is 13.1. The molecule has 1 aromatic carbocycles. The average Bonchev–Trinajstić information content (AvgIpc) is 2.22. The first-order valence-electron chi connectivity index (χ1n) is 5.71. The highest BCUT2D eigenvalue weighted by Gasteiger charge is 2.21. The zero-order chi connectivity index (χ0) is 13.9. The van der Waals surface area contributed by atoms with Crippen molar-refractivity contribution in [2.24, 2.45) is 0 Å². The summed E-state index contributed by atoms with van der Waals surface area (Å²) in [6.45, 7) is 6.08. The van der Waals surface area contributed by atoms with Crippen molar-refractivity contribution in [1.82, 2.24) is 0 Å². The Kier molecular flexibility index (Phi) is 5.44. The van der Waals surface area contributed by atoms with Crippen LogP contribution in [-0.4, -0.2) is 18.8 Å². The molecule has 0 heterocycles. The number of nitrogens with one attached hydrogen (secondary N) is 1. The van der Waals surface area contributed by atoms with Gasteiger partial charge in [-0.1, -0.05) is 11.6 Å². The van der Waals surface area contributed by atoms with E-state index in [0.29, 0.717) is 15.2 Å². The highest BCUT2D eigenvalue weighted by atomic mass is 79.9. The Morgan fingerprint density at radius 1 is 1.50 bits per heavy atom. The minimum atomic E-state index is -0.359. The summed E-state index contributed by atoms with van der Waals surface area (Å²) in [6, 6.07) is 2.84. The first kappa shape index (κ1) is 15.7. The largest absolute Gasteiger partial charge is 0.380 e. The lowest BCUT2D eigenvalue weighted by atomic mass is 10.00. The number of anilines is 1. The molecule has 0 saturated heterocycles. The Hall–Kier alpha value is -0.320. The van der Waals surface area contributed by atoms with Crippen molar-refractivity contribution in [3.63, 3.8) is 0 Å². The fourth-order valence-electron chi connectivity index (χ4n) is 1.80. The lowest BCUT2D eigenvalue weighted by Gasteiger charge is -2.28. The summed E-state index contributed by atoms with van der Waals surface area (Å²) in [5, 5.41) is 3.64. The average molecular weight is 339 g/mol. The standard InChI is InChI=1S/C13H18BrClFNO/c1-8(7-13(2,3)18-4)17-12-10(14)5-9(16)6-11(12)15/h5-6,8,17H,7H2,1-4H3. The topological polar surface area (TPSA) is 21.3 Å². The van der Waals surface area contributed by atoms with E-state index in [1.165, 1.54) is 12.1 Å². The molecule has 102 valence electrons. The molecule has 0 amide bonds. The summed E-state index contributed by atoms with van der Waals surface area (Å²) < 4.78 is 19.1. The molecule has 0 bridgehead atoms. The van der Waals surface area contributed by atoms with Gasteiger partial charge in [-0.15, -0.1) is 0 Å². The second kappa shape index (κ2) is 6.22. The Labute approximate surface area is 121 Å². The summed E-state index contributed by atoms with van der Waals surface area (Å²) in [7, 11) is 1.69. The summed E-state index contributed by atoms with van der Waals surface area (Å²) in [5.74, 6) is -0.359. The molecule has 1 atom stereocenters. The van der Waals surface area contributed by atoms with E-state index < -0.39 is 0 Å². The van der Waals surface area contributed by atoms with E-state index >= 15 is 0 Å². The second-order valence-electron chi connectivity index (χ2n) is 4.96. The van der Waals surface area contributed by atoms with Crippen molar-refractivity contribution >= 4 is 33.2 Å². The smallest absolute Gasteiger partial charge is 0.125 e. The van der Waals surface area contributed by atoms with Gasteiger partial charge < -0.3 is 10.1 Å². The highest BCUT2D eigenvalue weighted by Crippen LogP contribution is 2.33. The van der Waals surface area contributed by atoms with Crippen LogP contribution < -0.4 is 5.32 Å². The van der Waals surface area contributed by atoms with Crippen LogP contribution in [0.4, 0.5) is 10.1 Å². The lowest BCUT2D eigenvalue weighted by molar-refractivity contribution is 0.0128. The molecule has 0 aliphatic rings. The minimum absolute atomic E-state index is 0.152. The van der Waals surface area contributed by atoms with Gasteiger partial charge in [0.15, 0.2) is 0 Å². The van der Waals surface area contributed by atoms with E-state index in [0.717, 1.165) is 6.42 Å². The predicted molar refractivity (Wildman–Crippen MR) is 77.9 cm³/mol. The van der Waals surface area contributed by atoms with Crippen LogP contribution in [0.5, 0.6) is 0 Å². The van der Waals surface area contributed by atoms with Crippen LogP contribution >= 0.6 is 27.5 Å². The third-order valence-corrected chi connectivity index (χ3v) is 3.67. The summed E-state index contributed by atoms with van der Waals surface area (Å²) >= 11 is 9.33. The van der Waals surface area contributed by atoms with E-state index in [1.54, 1.807) is 7.11 Å². The Balaban J connectivity index is 2.79. The number of methoxy groups -OCH3 is 1. The van der Waals surface area contributed by atoms with Crippen molar-refractivity contribution in [2.45, 2.75) is 38.8 Å². The zero-order valence-electron chi connectivity index (χ0n) is 11.0. The third kappa shape index (κ3) is 4.41. The number of hydrogen-bond acceptors (Lipinski definition) is 2. The molecule has 5 heteroatoms. The maximum Gasteiger partial charge on any atom is 0.125 e. The second-order valence-corrected chi connectivity index (χ2v) is 6.22. The molecule has 1 unspecified atom stereocenters. The summed E-state index contributed by atoms with van der Waals surface area (Å²) in [6.07, 6.45) is 0.809. The van der Waals surface area contributed by atoms with Gasteiger partial charge in [-0.2, -0.15) is 0 Å². The third-order valence-electron chi connectivity index (χ3n) is 2.75. The molecule has 0 spiro atoms. The van der Waals surface area contributed by atoms with Crippen LogP contribution in [0.25, 0.3) is 0 Å². The lowest BCUT2D eigenvalue weighted by Crippen LogP contribution is -2.31. The Bertz CT molecular complexity index is 402. The van der Waals surface area contributed by atoms with E-state index in [2.05, 4.69) is 21.2 Å². The first-order valence-corrected chi connectivity index (χ1v) is 6.88. The molecule has 0 fully saturated rings. The van der Waals surface area contributed by atoms with Gasteiger partial charge in [0.05, 0.1) is 16.3 Å². The minimum Gasteiger partial charge on any atom is -0.380 e. The first-order chi connectivity index (χ1) is 8.25. The number of hydrogen-bond donors (Lipinski definition) is 1. The van der Waals surface area contributed by atoms with E-state index in [9.17, 15) is 4.39 Å². The van der Waals surface area contributed by atoms with Gasteiger partial charge >= 0.3 is 0 Å². The fraction of sp³-hybridized carbons (Fsp3) is 0.538. The van der Waals surface area contributed by atoms with Crippen LogP contribution in [0.1, 0.15) is 27.2 Å². The molecular formula is C13H18BrClFNO. The Morgan fingerprint density at radius 2 is 2.11 bits per heavy atom. The van der Waals surface area contributed by atoms with E-state index in [1.807, 2.05) is 20.8 Å². The molecule has 2 nitrogen and oxygen atoms in total. The van der Waals surface area contributed by atoms with Crippen molar-refractivity contribution < 1.29 is 9.13 Å². The van der Waals surface area contributed by atoms with Crippen molar-refractivity contribution in [1.29, 1.82) is 0 Å². The molecule has 0 aliphatic carbocycles. The molecule has 0 saturated carbocycles. The zero-order valence-corrected chi connectivity index (χ0v) is 13.3. The maximum absolute atomic E-state index is 13.1. The van der Waals surface area contributed by atoms with Gasteiger partial charge in [0.2, 0.25) is 0 Å². The molecule has 0 aromatic heterocycles. The van der Waals surface area contributed by atoms with Crippen LogP contribution in [0.3, 0.4) is 0 Å². The van der Waals surface area contributed by atoms with E-state index in [-0.39, 0.29) is 17.5 Å². The molecular weight excluding hydrogens is 321 g/mol. The van der Waals surface area contributed by atoms with Crippen molar-refractivity contribution in [3.8, 4) is 0 Å². The molecule has 1 N–H and O–H groups in total. The van der Waals surface area contributed by atoms with Gasteiger partial charge in [0, 0.05) is 17.6 Å². The molecule has 0 aliphatic heterocycles. The number of benzene rings is 1. The SMILES string of the molecule is COC(C)(C)CC(C)Nc1c(Cl)cc(F)cc1Br. The predicted octanol–water partition coefficient (Wildman–Crippen LogP) is 4.86. The Morgan fingerprint density at radius 3 is 2.61 bits per heavy atom. The fourth-order valence-corrected chi connectivity index (χ4v) is 2.72. The van der Waals surface area contributed by atoms with Gasteiger partial charge in [-0.25, -0.2) is 4.39 Å². The van der Waals surface area contributed by atoms with Crippen LogP contribution in [-0.2, 0) is 4.74 Å².